The first kappa shape index (κ1) is 11.6. The molecule has 1 saturated carbocycles. The van der Waals surface area contributed by atoms with Crippen LogP contribution in [0.4, 0.5) is 0 Å². The lowest BCUT2D eigenvalue weighted by atomic mass is 9.82. The lowest BCUT2D eigenvalue weighted by Gasteiger charge is -2.27. The van der Waals surface area contributed by atoms with Gasteiger partial charge >= 0.3 is 0 Å². The van der Waals surface area contributed by atoms with Crippen LogP contribution in [0.3, 0.4) is 0 Å². The number of nitrogens with two attached hydrogens (primary N) is 1. The Balaban J connectivity index is 1.97. The minimum absolute atomic E-state index is 0.387. The first-order valence-corrected chi connectivity index (χ1v) is 6.46. The van der Waals surface area contributed by atoms with Crippen LogP contribution < -0.4 is 5.73 Å². The zero-order valence-corrected chi connectivity index (χ0v) is 10.4. The summed E-state index contributed by atoms with van der Waals surface area (Å²) < 4.78 is 2.03. The van der Waals surface area contributed by atoms with Gasteiger partial charge in [-0.05, 0) is 45.1 Å². The second-order valence-corrected chi connectivity index (χ2v) is 5.29. The fourth-order valence-electron chi connectivity index (χ4n) is 2.53. The van der Waals surface area contributed by atoms with Gasteiger partial charge in [0.15, 0.2) is 0 Å². The van der Waals surface area contributed by atoms with Crippen molar-refractivity contribution in [3.63, 3.8) is 0 Å². The van der Waals surface area contributed by atoms with Crippen LogP contribution in [-0.4, -0.2) is 15.8 Å². The van der Waals surface area contributed by atoms with Gasteiger partial charge in [0.1, 0.15) is 0 Å². The summed E-state index contributed by atoms with van der Waals surface area (Å²) in [5, 5.41) is 4.60. The van der Waals surface area contributed by atoms with Crippen molar-refractivity contribution in [3.8, 4) is 0 Å². The van der Waals surface area contributed by atoms with Gasteiger partial charge in [-0.25, -0.2) is 0 Å². The van der Waals surface area contributed by atoms with Crippen molar-refractivity contribution < 1.29 is 0 Å². The Morgan fingerprint density at radius 3 is 2.81 bits per heavy atom. The third kappa shape index (κ3) is 2.64. The maximum Gasteiger partial charge on any atom is 0.0628 e. The van der Waals surface area contributed by atoms with Gasteiger partial charge in [0, 0.05) is 18.3 Å². The third-order valence-electron chi connectivity index (χ3n) is 3.63. The van der Waals surface area contributed by atoms with E-state index in [9.17, 15) is 0 Å². The normalized spacial score (nSPS) is 26.2. The van der Waals surface area contributed by atoms with Crippen molar-refractivity contribution in [3.05, 3.63) is 18.0 Å². The summed E-state index contributed by atoms with van der Waals surface area (Å²) in [7, 11) is 0. The predicted molar refractivity (Wildman–Crippen MR) is 66.2 cm³/mol. The number of nitrogens with zero attached hydrogens (tertiary/aromatic N) is 2. The molecule has 0 aliphatic heterocycles. The van der Waals surface area contributed by atoms with Gasteiger partial charge in [-0.1, -0.05) is 12.8 Å². The zero-order valence-electron chi connectivity index (χ0n) is 10.4. The molecule has 1 fully saturated rings. The molecule has 1 aromatic rings. The van der Waals surface area contributed by atoms with Gasteiger partial charge in [-0.2, -0.15) is 5.10 Å². The quantitative estimate of drug-likeness (QED) is 0.852. The number of hydrogen-bond acceptors (Lipinski definition) is 2. The Morgan fingerprint density at radius 2 is 2.19 bits per heavy atom. The third-order valence-corrected chi connectivity index (χ3v) is 3.63. The highest BCUT2D eigenvalue weighted by atomic mass is 15.3. The van der Waals surface area contributed by atoms with Gasteiger partial charge in [0.2, 0.25) is 0 Å². The first-order chi connectivity index (χ1) is 7.66. The van der Waals surface area contributed by atoms with E-state index in [0.717, 1.165) is 6.42 Å². The van der Waals surface area contributed by atoms with Crippen molar-refractivity contribution in [1.82, 2.24) is 9.78 Å². The van der Waals surface area contributed by atoms with Crippen LogP contribution in [0.25, 0.3) is 0 Å². The smallest absolute Gasteiger partial charge is 0.0628 e. The van der Waals surface area contributed by atoms with E-state index >= 15 is 0 Å². The zero-order chi connectivity index (χ0) is 11.5. The highest BCUT2D eigenvalue weighted by Crippen LogP contribution is 2.25. The molecule has 0 radical (unpaired) electrons. The highest BCUT2D eigenvalue weighted by molar-refractivity contribution is 5.02. The maximum atomic E-state index is 6.16. The van der Waals surface area contributed by atoms with Gasteiger partial charge in [-0.3, -0.25) is 4.68 Å². The van der Waals surface area contributed by atoms with Gasteiger partial charge < -0.3 is 5.73 Å². The van der Waals surface area contributed by atoms with E-state index in [1.165, 1.54) is 31.4 Å². The summed E-state index contributed by atoms with van der Waals surface area (Å²) in [6.45, 7) is 4.31. The first-order valence-electron chi connectivity index (χ1n) is 6.46. The molecular weight excluding hydrogens is 198 g/mol. The molecule has 1 aliphatic carbocycles. The number of aromatic nitrogens is 2. The summed E-state index contributed by atoms with van der Waals surface area (Å²) in [6, 6.07) is 2.98. The van der Waals surface area contributed by atoms with E-state index in [-0.39, 0.29) is 0 Å². The molecule has 0 aromatic carbocycles. The molecule has 90 valence electrons. The number of hydrogen-bond donors (Lipinski definition) is 1. The molecule has 1 aromatic heterocycles. The molecular formula is C13H23N3. The molecule has 1 aliphatic rings. The van der Waals surface area contributed by atoms with E-state index in [1.807, 2.05) is 4.68 Å². The molecule has 2 atom stereocenters. The van der Waals surface area contributed by atoms with Crippen LogP contribution in [0, 0.1) is 5.92 Å². The largest absolute Gasteiger partial charge is 0.327 e. The van der Waals surface area contributed by atoms with Crippen LogP contribution in [0.15, 0.2) is 12.3 Å². The molecule has 1 heterocycles. The molecule has 2 N–H and O–H groups in total. The predicted octanol–water partition coefficient (Wildman–Crippen LogP) is 2.52. The van der Waals surface area contributed by atoms with Gasteiger partial charge in [-0.15, -0.1) is 0 Å². The molecule has 3 heteroatoms. The number of rotatable bonds is 3. The Hall–Kier alpha value is -0.830. The molecule has 0 bridgehead atoms. The van der Waals surface area contributed by atoms with Crippen LogP contribution in [-0.2, 0) is 6.42 Å². The van der Waals surface area contributed by atoms with Crippen LogP contribution in [0.2, 0.25) is 0 Å². The van der Waals surface area contributed by atoms with E-state index < -0.39 is 0 Å². The van der Waals surface area contributed by atoms with Crippen LogP contribution in [0.5, 0.6) is 0 Å². The second kappa shape index (κ2) is 5.00. The highest BCUT2D eigenvalue weighted by Gasteiger charge is 2.22. The Kier molecular flexibility index (Phi) is 3.64. The monoisotopic (exact) mass is 221 g/mol. The summed E-state index contributed by atoms with van der Waals surface area (Å²) >= 11 is 0. The van der Waals surface area contributed by atoms with E-state index in [1.54, 1.807) is 0 Å². The lowest BCUT2D eigenvalue weighted by molar-refractivity contribution is 0.303. The Morgan fingerprint density at radius 1 is 1.44 bits per heavy atom. The summed E-state index contributed by atoms with van der Waals surface area (Å²) in [5.41, 5.74) is 7.36. The van der Waals surface area contributed by atoms with Crippen molar-refractivity contribution in [2.75, 3.05) is 0 Å². The lowest BCUT2D eigenvalue weighted by Crippen LogP contribution is -2.34. The molecule has 16 heavy (non-hydrogen) atoms. The van der Waals surface area contributed by atoms with Crippen LogP contribution >= 0.6 is 0 Å². The summed E-state index contributed by atoms with van der Waals surface area (Å²) in [5.74, 6) is 0.643. The average molecular weight is 221 g/mol. The van der Waals surface area contributed by atoms with E-state index in [4.69, 9.17) is 5.73 Å². The minimum atomic E-state index is 0.387. The van der Waals surface area contributed by atoms with E-state index in [2.05, 4.69) is 31.2 Å². The minimum Gasteiger partial charge on any atom is -0.327 e. The van der Waals surface area contributed by atoms with Gasteiger partial charge in [0.05, 0.1) is 5.69 Å². The van der Waals surface area contributed by atoms with Crippen molar-refractivity contribution in [2.24, 2.45) is 11.7 Å². The summed E-state index contributed by atoms with van der Waals surface area (Å²) in [6.07, 6.45) is 8.24. The Bertz CT molecular complexity index is 330. The van der Waals surface area contributed by atoms with E-state index in [0.29, 0.717) is 18.0 Å². The van der Waals surface area contributed by atoms with Gasteiger partial charge in [0.25, 0.3) is 0 Å². The Labute approximate surface area is 98.0 Å². The van der Waals surface area contributed by atoms with Crippen molar-refractivity contribution in [2.45, 2.75) is 58.0 Å². The maximum absolute atomic E-state index is 6.16. The molecule has 2 rings (SSSR count). The fourth-order valence-corrected chi connectivity index (χ4v) is 2.53. The standard InChI is InChI=1S/C13H23N3/c1-10(2)16-8-7-12(15-16)9-11-5-3-4-6-13(11)14/h7-8,10-11,13H,3-6,9,14H2,1-2H3. The molecule has 3 nitrogen and oxygen atoms in total. The van der Waals surface area contributed by atoms with Crippen molar-refractivity contribution >= 4 is 0 Å². The molecule has 0 saturated heterocycles. The molecule has 2 unspecified atom stereocenters. The molecule has 0 spiro atoms. The fraction of sp³-hybridized carbons (Fsp3) is 0.769. The SMILES string of the molecule is CC(C)n1ccc(CC2CCCCC2N)n1. The van der Waals surface area contributed by atoms with Crippen LogP contribution in [0.1, 0.15) is 51.3 Å². The topological polar surface area (TPSA) is 43.8 Å². The average Bonchev–Trinajstić information content (AvgIpc) is 2.70. The second-order valence-electron chi connectivity index (χ2n) is 5.29. The van der Waals surface area contributed by atoms with Crippen molar-refractivity contribution in [1.29, 1.82) is 0 Å². The summed E-state index contributed by atoms with van der Waals surface area (Å²) in [4.78, 5) is 0. The molecule has 0 amide bonds.